The van der Waals surface area contributed by atoms with E-state index in [1.165, 1.54) is 0 Å². The molecule has 0 fully saturated rings. The summed E-state index contributed by atoms with van der Waals surface area (Å²) < 4.78 is 0. The zero-order chi connectivity index (χ0) is 9.72. The van der Waals surface area contributed by atoms with E-state index in [1.807, 2.05) is 0 Å². The van der Waals surface area contributed by atoms with Crippen molar-refractivity contribution in [3.63, 3.8) is 0 Å². The Labute approximate surface area is 132 Å². The molecule has 0 aromatic heterocycles. The van der Waals surface area contributed by atoms with Crippen molar-refractivity contribution in [2.75, 3.05) is 6.61 Å². The van der Waals surface area contributed by atoms with Gasteiger partial charge in [-0.15, -0.1) is 0 Å². The summed E-state index contributed by atoms with van der Waals surface area (Å²) in [4.78, 5) is 0. The topological polar surface area (TPSA) is 101 Å². The van der Waals surface area contributed by atoms with Gasteiger partial charge in [-0.1, -0.05) is 12.2 Å². The molecular weight excluding hydrogens is 230 g/mol. The Balaban J connectivity index is -0.000000605. The molecule has 0 saturated heterocycles. The molecule has 0 heterocycles. The summed E-state index contributed by atoms with van der Waals surface area (Å²) in [5.41, 5.74) is 0. The molecule has 0 bridgehead atoms. The monoisotopic (exact) mass is 244 g/mol. The third kappa shape index (κ3) is 7.21. The summed E-state index contributed by atoms with van der Waals surface area (Å²) in [5.74, 6) is 0. The fourth-order valence-corrected chi connectivity index (χ4v) is 0.779. The average molecular weight is 244 g/mol. The van der Waals surface area contributed by atoms with E-state index < -0.39 is 31.0 Å². The molecule has 0 spiro atoms. The number of thiocarbonyl (C=S) groups is 1. The fourth-order valence-electron chi connectivity index (χ4n) is 0.618. The second-order valence-electron chi connectivity index (χ2n) is 2.36. The summed E-state index contributed by atoms with van der Waals surface area (Å²) >= 11 is 4.30. The number of aliphatic hydroxyl groups excluding tert-OH is 5. The van der Waals surface area contributed by atoms with E-state index in [9.17, 15) is 0 Å². The molecule has 5 nitrogen and oxygen atoms in total. The Hall–Kier alpha value is 1.89. The predicted octanol–water partition coefficient (Wildman–Crippen LogP) is -3.88. The average Bonchev–Trinajstić information content (AvgIpc) is 2.12. The summed E-state index contributed by atoms with van der Waals surface area (Å²) in [7, 11) is 0. The molecule has 0 aliphatic rings. The Morgan fingerprint density at radius 1 is 1.00 bits per heavy atom. The maximum absolute atomic E-state index is 9.02. The molecule has 0 aromatic carbocycles. The van der Waals surface area contributed by atoms with Crippen LogP contribution in [0.3, 0.4) is 0 Å². The van der Waals surface area contributed by atoms with Gasteiger partial charge in [0.05, 0.1) is 6.61 Å². The van der Waals surface area contributed by atoms with Crippen LogP contribution in [0.25, 0.3) is 0 Å². The second kappa shape index (κ2) is 11.4. The van der Waals surface area contributed by atoms with E-state index >= 15 is 0 Å². The van der Waals surface area contributed by atoms with Crippen LogP contribution in [0.4, 0.5) is 0 Å². The Bertz CT molecular complexity index is 150. The van der Waals surface area contributed by atoms with Gasteiger partial charge in [-0.05, 0) is 0 Å². The molecule has 0 amide bonds. The van der Waals surface area contributed by atoms with Crippen LogP contribution < -0.4 is 0 Å². The van der Waals surface area contributed by atoms with Crippen LogP contribution in [0, 0.1) is 0 Å². The van der Waals surface area contributed by atoms with Gasteiger partial charge in [0.1, 0.15) is 24.4 Å². The van der Waals surface area contributed by atoms with Crippen molar-refractivity contribution in [1.82, 2.24) is 0 Å². The molecule has 0 rings (SSSR count). The van der Waals surface area contributed by atoms with E-state index in [1.54, 1.807) is 0 Å². The molecule has 76 valence electrons. The Kier molecular flexibility index (Phi) is 17.2. The van der Waals surface area contributed by atoms with E-state index in [0.717, 1.165) is 5.37 Å². The first kappa shape index (κ1) is 21.2. The number of rotatable bonds is 5. The van der Waals surface area contributed by atoms with Crippen molar-refractivity contribution in [2.45, 2.75) is 24.4 Å². The van der Waals surface area contributed by atoms with Gasteiger partial charge in [0, 0.05) is 5.37 Å². The van der Waals surface area contributed by atoms with Crippen molar-refractivity contribution in [1.29, 1.82) is 0 Å². The predicted molar refractivity (Wildman–Crippen MR) is 59.1 cm³/mol. The Morgan fingerprint density at radius 3 is 1.71 bits per heavy atom. The molecule has 0 aliphatic carbocycles. The van der Waals surface area contributed by atoms with Crippen molar-refractivity contribution < 1.29 is 25.5 Å². The van der Waals surface area contributed by atoms with Gasteiger partial charge >= 0.3 is 59.1 Å². The van der Waals surface area contributed by atoms with E-state index in [2.05, 4.69) is 12.2 Å². The zero-order valence-corrected chi connectivity index (χ0v) is 7.05. The molecule has 0 unspecified atom stereocenters. The number of hydrogen-bond acceptors (Lipinski definition) is 6. The molecule has 0 radical (unpaired) electrons. The third-order valence-corrected chi connectivity index (χ3v) is 1.70. The molecule has 0 saturated carbocycles. The Morgan fingerprint density at radius 2 is 1.43 bits per heavy atom. The quantitative estimate of drug-likeness (QED) is 0.250. The van der Waals surface area contributed by atoms with Gasteiger partial charge in [0.15, 0.2) is 0 Å². The van der Waals surface area contributed by atoms with Gasteiger partial charge < -0.3 is 25.5 Å². The second-order valence-corrected chi connectivity index (χ2v) is 2.63. The van der Waals surface area contributed by atoms with E-state index in [-0.39, 0.29) is 59.1 Å². The number of hydrogen-bond donors (Lipinski definition) is 5. The van der Waals surface area contributed by atoms with Gasteiger partial charge in [-0.2, -0.15) is 0 Å². The maximum atomic E-state index is 9.02. The first-order valence-corrected chi connectivity index (χ1v) is 3.80. The molecule has 4 atom stereocenters. The molecule has 14 heavy (non-hydrogen) atoms. The van der Waals surface area contributed by atoms with Crippen molar-refractivity contribution in [3.05, 3.63) is 0 Å². The first-order chi connectivity index (χ1) is 5.54. The summed E-state index contributed by atoms with van der Waals surface area (Å²) in [6, 6.07) is 0. The van der Waals surface area contributed by atoms with Crippen LogP contribution in [-0.2, 0) is 0 Å². The van der Waals surface area contributed by atoms with Crippen LogP contribution in [0.15, 0.2) is 0 Å². The van der Waals surface area contributed by atoms with Crippen LogP contribution in [0.2, 0.25) is 0 Å². The molecule has 8 heteroatoms. The SMILES string of the molecule is OC[C@@H](O)[C@@H](O)[C@H](O)[C@@H](O)C=S.[NaH].[NaH]. The zero-order valence-electron chi connectivity index (χ0n) is 6.24. The van der Waals surface area contributed by atoms with Gasteiger partial charge in [0.25, 0.3) is 0 Å². The molecule has 5 N–H and O–H groups in total. The molecule has 0 aromatic rings. The summed E-state index contributed by atoms with van der Waals surface area (Å²) in [6.45, 7) is -0.692. The number of aliphatic hydroxyl groups is 5. The van der Waals surface area contributed by atoms with Crippen molar-refractivity contribution >= 4 is 76.7 Å². The van der Waals surface area contributed by atoms with Crippen LogP contribution in [0.5, 0.6) is 0 Å². The molecular formula is C6H14Na2O5S. The minimum absolute atomic E-state index is 0. The van der Waals surface area contributed by atoms with Crippen LogP contribution in [0.1, 0.15) is 0 Å². The van der Waals surface area contributed by atoms with Gasteiger partial charge in [-0.25, -0.2) is 0 Å². The fraction of sp³-hybridized carbons (Fsp3) is 0.833. The first-order valence-electron chi connectivity index (χ1n) is 3.33. The summed E-state index contributed by atoms with van der Waals surface area (Å²) in [6.07, 6.45) is -6.06. The summed E-state index contributed by atoms with van der Waals surface area (Å²) in [5, 5.41) is 44.9. The third-order valence-electron chi connectivity index (χ3n) is 1.42. The molecule has 0 aliphatic heterocycles. The van der Waals surface area contributed by atoms with Crippen LogP contribution >= 0.6 is 12.2 Å². The standard InChI is InChI=1S/C6H12O5S.2Na.2H/c7-1-3(8)5(10)6(11)4(9)2-12;;;;/h2-11H,1H2;;;;/t3-,4+,5-,6-;;;;/m1..../s1. The normalized spacial score (nSPS) is 18.1. The van der Waals surface area contributed by atoms with Gasteiger partial charge in [-0.3, -0.25) is 0 Å². The van der Waals surface area contributed by atoms with Crippen molar-refractivity contribution in [2.24, 2.45) is 0 Å². The van der Waals surface area contributed by atoms with Crippen LogP contribution in [-0.4, -0.2) is 121 Å². The van der Waals surface area contributed by atoms with E-state index in [4.69, 9.17) is 25.5 Å². The van der Waals surface area contributed by atoms with Crippen molar-refractivity contribution in [3.8, 4) is 0 Å². The van der Waals surface area contributed by atoms with Gasteiger partial charge in [0.2, 0.25) is 0 Å². The van der Waals surface area contributed by atoms with E-state index in [0.29, 0.717) is 0 Å². The minimum atomic E-state index is -1.61.